The van der Waals surface area contributed by atoms with Gasteiger partial charge in [-0.25, -0.2) is 4.21 Å². The molecule has 1 aromatic heterocycles. The Hall–Kier alpha value is -0.840. The van der Waals surface area contributed by atoms with E-state index in [2.05, 4.69) is 30.2 Å². The van der Waals surface area contributed by atoms with Crippen molar-refractivity contribution in [2.75, 3.05) is 11.5 Å². The van der Waals surface area contributed by atoms with E-state index < -0.39 is 9.73 Å². The fraction of sp³-hybridized carbons (Fsp3) is 0.727. The van der Waals surface area contributed by atoms with Crippen molar-refractivity contribution in [3.63, 3.8) is 0 Å². The lowest BCUT2D eigenvalue weighted by Crippen LogP contribution is -2.21. The minimum Gasteiger partial charge on any atom is -0.265 e. The van der Waals surface area contributed by atoms with E-state index in [0.717, 1.165) is 30.0 Å². The molecule has 2 rings (SSSR count). The van der Waals surface area contributed by atoms with Crippen LogP contribution in [-0.2, 0) is 15.3 Å². The molecule has 1 saturated heterocycles. The second kappa shape index (κ2) is 3.87. The van der Waals surface area contributed by atoms with Gasteiger partial charge in [-0.3, -0.25) is 4.68 Å². The summed E-state index contributed by atoms with van der Waals surface area (Å²) >= 11 is 0. The molecule has 0 N–H and O–H groups in total. The summed E-state index contributed by atoms with van der Waals surface area (Å²) in [5.74, 6) is 1.49. The molecule has 5 heteroatoms. The summed E-state index contributed by atoms with van der Waals surface area (Å²) in [5.41, 5.74) is 0.705. The van der Waals surface area contributed by atoms with Gasteiger partial charge in [-0.05, 0) is 33.6 Å². The van der Waals surface area contributed by atoms with Crippen LogP contribution in [0.1, 0.15) is 33.6 Å². The van der Waals surface area contributed by atoms with E-state index in [4.69, 9.17) is 0 Å². The SMILES string of the molecule is CC(C)(C)n1cc(N=S2(=O)CCCC2)cn1. The number of nitrogens with zero attached hydrogens (tertiary/aromatic N) is 3. The molecule has 0 amide bonds. The van der Waals surface area contributed by atoms with Gasteiger partial charge in [0, 0.05) is 11.5 Å². The monoisotopic (exact) mass is 241 g/mol. The Morgan fingerprint density at radius 1 is 1.38 bits per heavy atom. The van der Waals surface area contributed by atoms with Crippen LogP contribution in [0.25, 0.3) is 0 Å². The molecule has 1 aromatic rings. The molecule has 16 heavy (non-hydrogen) atoms. The van der Waals surface area contributed by atoms with Crippen molar-refractivity contribution >= 4 is 15.4 Å². The molecule has 0 aromatic carbocycles. The molecule has 0 unspecified atom stereocenters. The normalized spacial score (nSPS) is 19.9. The summed E-state index contributed by atoms with van der Waals surface area (Å²) in [6.07, 6.45) is 5.66. The van der Waals surface area contributed by atoms with Crippen molar-refractivity contribution < 1.29 is 4.21 Å². The zero-order chi connectivity index (χ0) is 11.8. The Morgan fingerprint density at radius 3 is 2.50 bits per heavy atom. The molecular formula is C11H19N3OS. The molecule has 4 nitrogen and oxygen atoms in total. The maximum absolute atomic E-state index is 12.2. The Labute approximate surface area is 97.2 Å². The molecule has 1 fully saturated rings. The average molecular weight is 241 g/mol. The van der Waals surface area contributed by atoms with Gasteiger partial charge < -0.3 is 0 Å². The van der Waals surface area contributed by atoms with Crippen LogP contribution in [0.5, 0.6) is 0 Å². The van der Waals surface area contributed by atoms with E-state index in [9.17, 15) is 4.21 Å². The minimum absolute atomic E-state index is 0.0468. The lowest BCUT2D eigenvalue weighted by atomic mass is 10.1. The predicted octanol–water partition coefficient (Wildman–Crippen LogP) is 2.53. The molecule has 0 saturated carbocycles. The summed E-state index contributed by atoms with van der Waals surface area (Å²) < 4.78 is 18.4. The smallest absolute Gasteiger partial charge is 0.111 e. The fourth-order valence-electron chi connectivity index (χ4n) is 1.77. The average Bonchev–Trinajstić information content (AvgIpc) is 2.74. The molecule has 0 bridgehead atoms. The van der Waals surface area contributed by atoms with E-state index in [1.807, 2.05) is 10.9 Å². The van der Waals surface area contributed by atoms with Crippen molar-refractivity contribution in [2.45, 2.75) is 39.2 Å². The van der Waals surface area contributed by atoms with Crippen LogP contribution in [0.15, 0.2) is 16.8 Å². The first-order valence-corrected chi connectivity index (χ1v) is 7.52. The summed E-state index contributed by atoms with van der Waals surface area (Å²) in [4.78, 5) is 0. The maximum atomic E-state index is 12.2. The van der Waals surface area contributed by atoms with Crippen LogP contribution >= 0.6 is 0 Å². The summed E-state index contributed by atoms with van der Waals surface area (Å²) in [6, 6.07) is 0. The van der Waals surface area contributed by atoms with Crippen LogP contribution in [0.4, 0.5) is 5.69 Å². The Morgan fingerprint density at radius 2 is 2.00 bits per heavy atom. The van der Waals surface area contributed by atoms with Gasteiger partial charge in [0.1, 0.15) is 5.69 Å². The zero-order valence-electron chi connectivity index (χ0n) is 10.1. The van der Waals surface area contributed by atoms with Crippen LogP contribution in [0, 0.1) is 0 Å². The topological polar surface area (TPSA) is 47.2 Å². The number of rotatable bonds is 1. The Bertz CT molecular complexity index is 478. The Kier molecular flexibility index (Phi) is 2.82. The van der Waals surface area contributed by atoms with E-state index in [-0.39, 0.29) is 5.54 Å². The lowest BCUT2D eigenvalue weighted by molar-refractivity contribution is 0.355. The highest BCUT2D eigenvalue weighted by Gasteiger charge is 2.18. The predicted molar refractivity (Wildman–Crippen MR) is 66.4 cm³/mol. The highest BCUT2D eigenvalue weighted by molar-refractivity contribution is 7.93. The maximum Gasteiger partial charge on any atom is 0.111 e. The number of aromatic nitrogens is 2. The molecular weight excluding hydrogens is 222 g/mol. The van der Waals surface area contributed by atoms with Crippen LogP contribution in [0.2, 0.25) is 0 Å². The van der Waals surface area contributed by atoms with Crippen LogP contribution in [0.3, 0.4) is 0 Å². The summed E-state index contributed by atoms with van der Waals surface area (Å²) in [7, 11) is -1.97. The van der Waals surface area contributed by atoms with E-state index in [1.165, 1.54) is 0 Å². The molecule has 0 radical (unpaired) electrons. The largest absolute Gasteiger partial charge is 0.265 e. The zero-order valence-corrected chi connectivity index (χ0v) is 11.0. The molecule has 0 spiro atoms. The van der Waals surface area contributed by atoms with Gasteiger partial charge >= 0.3 is 0 Å². The van der Waals surface area contributed by atoms with E-state index in [1.54, 1.807) is 6.20 Å². The van der Waals surface area contributed by atoms with Crippen LogP contribution in [-0.4, -0.2) is 25.5 Å². The molecule has 1 aliphatic rings. The van der Waals surface area contributed by atoms with Crippen LogP contribution < -0.4 is 0 Å². The first-order valence-electron chi connectivity index (χ1n) is 5.67. The van der Waals surface area contributed by atoms with Gasteiger partial charge in [0.15, 0.2) is 0 Å². The summed E-state index contributed by atoms with van der Waals surface area (Å²) in [5, 5.41) is 4.26. The van der Waals surface area contributed by atoms with Gasteiger partial charge in [-0.2, -0.15) is 9.46 Å². The van der Waals surface area contributed by atoms with Crippen molar-refractivity contribution in [3.8, 4) is 0 Å². The molecule has 2 heterocycles. The third kappa shape index (κ3) is 2.45. The summed E-state index contributed by atoms with van der Waals surface area (Å²) in [6.45, 7) is 6.25. The van der Waals surface area contributed by atoms with Gasteiger partial charge in [-0.15, -0.1) is 0 Å². The number of hydrogen-bond acceptors (Lipinski definition) is 3. The molecule has 0 atom stereocenters. The third-order valence-electron chi connectivity index (χ3n) is 2.70. The molecule has 90 valence electrons. The highest BCUT2D eigenvalue weighted by atomic mass is 32.2. The first kappa shape index (κ1) is 11.6. The standard InChI is InChI=1S/C11H19N3OS/c1-11(2,3)14-9-10(8-12-14)13-16(15)6-4-5-7-16/h8-9H,4-7H2,1-3H3. The van der Waals surface area contributed by atoms with E-state index in [0.29, 0.717) is 0 Å². The van der Waals surface area contributed by atoms with Gasteiger partial charge in [0.2, 0.25) is 0 Å². The first-order chi connectivity index (χ1) is 7.39. The highest BCUT2D eigenvalue weighted by Crippen LogP contribution is 2.22. The molecule has 1 aliphatic heterocycles. The lowest BCUT2D eigenvalue weighted by Gasteiger charge is -2.18. The quantitative estimate of drug-likeness (QED) is 0.758. The van der Waals surface area contributed by atoms with Crippen molar-refractivity contribution in [3.05, 3.63) is 12.4 Å². The molecule has 0 aliphatic carbocycles. The van der Waals surface area contributed by atoms with Gasteiger partial charge in [0.05, 0.1) is 27.7 Å². The van der Waals surface area contributed by atoms with Gasteiger partial charge in [-0.1, -0.05) is 0 Å². The Balaban J connectivity index is 2.30. The van der Waals surface area contributed by atoms with Crippen molar-refractivity contribution in [1.82, 2.24) is 9.78 Å². The second-order valence-corrected chi connectivity index (χ2v) is 7.84. The third-order valence-corrected chi connectivity index (χ3v) is 5.10. The minimum atomic E-state index is -1.97. The van der Waals surface area contributed by atoms with Crippen molar-refractivity contribution in [1.29, 1.82) is 0 Å². The fourth-order valence-corrected chi connectivity index (χ4v) is 3.94. The number of hydrogen-bond donors (Lipinski definition) is 0. The second-order valence-electron chi connectivity index (χ2n) is 5.29. The van der Waals surface area contributed by atoms with Crippen molar-refractivity contribution in [2.24, 2.45) is 4.36 Å². The van der Waals surface area contributed by atoms with E-state index >= 15 is 0 Å². The van der Waals surface area contributed by atoms with Gasteiger partial charge in [0.25, 0.3) is 0 Å².